The highest BCUT2D eigenvalue weighted by molar-refractivity contribution is 5.71. The van der Waals surface area contributed by atoms with E-state index in [1.54, 1.807) is 6.92 Å². The predicted molar refractivity (Wildman–Crippen MR) is 54.0 cm³/mol. The van der Waals surface area contributed by atoms with Gasteiger partial charge in [0.25, 0.3) is 5.89 Å². The third kappa shape index (κ3) is 1.46. The van der Waals surface area contributed by atoms with Gasteiger partial charge >= 0.3 is 0 Å². The van der Waals surface area contributed by atoms with Crippen molar-refractivity contribution in [1.29, 1.82) is 0 Å². The zero-order valence-corrected chi connectivity index (χ0v) is 8.11. The van der Waals surface area contributed by atoms with Gasteiger partial charge in [-0.1, -0.05) is 17.3 Å². The molecule has 1 heterocycles. The molecular weight excluding hydrogens is 178 g/mol. The fourth-order valence-corrected chi connectivity index (χ4v) is 1.29. The number of aromatic nitrogens is 2. The summed E-state index contributed by atoms with van der Waals surface area (Å²) in [4.78, 5) is 4.17. The molecule has 0 aliphatic carbocycles. The molecule has 1 aromatic carbocycles. The van der Waals surface area contributed by atoms with Crippen LogP contribution in [-0.4, -0.2) is 17.2 Å². The van der Waals surface area contributed by atoms with E-state index in [2.05, 4.69) is 15.5 Å². The highest BCUT2D eigenvalue weighted by Crippen LogP contribution is 2.25. The fourth-order valence-electron chi connectivity index (χ4n) is 1.29. The zero-order valence-electron chi connectivity index (χ0n) is 8.11. The van der Waals surface area contributed by atoms with Gasteiger partial charge in [0, 0.05) is 12.7 Å². The molecule has 2 rings (SSSR count). The summed E-state index contributed by atoms with van der Waals surface area (Å²) in [6.45, 7) is 1.80. The minimum Gasteiger partial charge on any atom is -0.387 e. The van der Waals surface area contributed by atoms with Crippen LogP contribution >= 0.6 is 0 Å². The molecule has 0 bridgehead atoms. The van der Waals surface area contributed by atoms with Gasteiger partial charge < -0.3 is 9.84 Å². The molecule has 0 fully saturated rings. The number of hydrogen-bond donors (Lipinski definition) is 1. The van der Waals surface area contributed by atoms with Gasteiger partial charge in [0.05, 0.1) is 5.56 Å². The summed E-state index contributed by atoms with van der Waals surface area (Å²) in [6.07, 6.45) is 0. The van der Waals surface area contributed by atoms with Crippen LogP contribution in [0.25, 0.3) is 11.5 Å². The number of benzene rings is 1. The molecule has 4 heteroatoms. The quantitative estimate of drug-likeness (QED) is 0.785. The molecule has 1 N–H and O–H groups in total. The summed E-state index contributed by atoms with van der Waals surface area (Å²) in [7, 11) is 1.86. The van der Waals surface area contributed by atoms with Crippen LogP contribution in [0.2, 0.25) is 0 Å². The van der Waals surface area contributed by atoms with E-state index < -0.39 is 0 Å². The van der Waals surface area contributed by atoms with E-state index in [9.17, 15) is 0 Å². The van der Waals surface area contributed by atoms with Crippen molar-refractivity contribution in [2.75, 3.05) is 12.4 Å². The van der Waals surface area contributed by atoms with Crippen LogP contribution in [0.1, 0.15) is 5.82 Å². The number of rotatable bonds is 2. The van der Waals surface area contributed by atoms with Crippen LogP contribution < -0.4 is 5.32 Å². The first-order valence-corrected chi connectivity index (χ1v) is 4.38. The summed E-state index contributed by atoms with van der Waals surface area (Å²) in [5.74, 6) is 1.19. The Kier molecular flexibility index (Phi) is 2.18. The van der Waals surface area contributed by atoms with Crippen molar-refractivity contribution in [3.63, 3.8) is 0 Å². The van der Waals surface area contributed by atoms with Gasteiger partial charge in [-0.3, -0.25) is 0 Å². The number of nitrogens with one attached hydrogen (secondary N) is 1. The average molecular weight is 189 g/mol. The molecule has 0 radical (unpaired) electrons. The van der Waals surface area contributed by atoms with E-state index in [-0.39, 0.29) is 0 Å². The van der Waals surface area contributed by atoms with Crippen LogP contribution in [0.3, 0.4) is 0 Å². The second-order valence-corrected chi connectivity index (χ2v) is 2.94. The maximum absolute atomic E-state index is 5.09. The normalized spacial score (nSPS) is 10.1. The second kappa shape index (κ2) is 3.49. The maximum Gasteiger partial charge on any atom is 0.260 e. The third-order valence-corrected chi connectivity index (χ3v) is 1.95. The largest absolute Gasteiger partial charge is 0.387 e. The van der Waals surface area contributed by atoms with E-state index in [4.69, 9.17) is 4.52 Å². The molecule has 0 saturated carbocycles. The number of para-hydroxylation sites is 1. The molecule has 0 aliphatic heterocycles. The Hall–Kier alpha value is -1.84. The Morgan fingerprint density at radius 3 is 2.71 bits per heavy atom. The summed E-state index contributed by atoms with van der Waals surface area (Å²) >= 11 is 0. The van der Waals surface area contributed by atoms with Crippen LogP contribution in [0, 0.1) is 6.92 Å². The summed E-state index contributed by atoms with van der Waals surface area (Å²) in [5, 5.41) is 6.83. The molecule has 1 aromatic heterocycles. The lowest BCUT2D eigenvalue weighted by Gasteiger charge is -2.03. The molecule has 4 nitrogen and oxygen atoms in total. The molecule has 72 valence electrons. The lowest BCUT2D eigenvalue weighted by atomic mass is 10.2. The van der Waals surface area contributed by atoms with Crippen LogP contribution in [0.4, 0.5) is 5.69 Å². The van der Waals surface area contributed by atoms with Gasteiger partial charge in [0.2, 0.25) is 0 Å². The molecule has 0 aliphatic rings. The Labute approximate surface area is 82.0 Å². The van der Waals surface area contributed by atoms with Gasteiger partial charge in [-0.2, -0.15) is 4.98 Å². The van der Waals surface area contributed by atoms with Gasteiger partial charge in [0.15, 0.2) is 5.82 Å². The van der Waals surface area contributed by atoms with E-state index in [0.717, 1.165) is 11.3 Å². The van der Waals surface area contributed by atoms with Gasteiger partial charge in [-0.15, -0.1) is 0 Å². The highest BCUT2D eigenvalue weighted by Gasteiger charge is 2.09. The van der Waals surface area contributed by atoms with Crippen molar-refractivity contribution >= 4 is 5.69 Å². The van der Waals surface area contributed by atoms with E-state index in [1.165, 1.54) is 0 Å². The Morgan fingerprint density at radius 2 is 2.07 bits per heavy atom. The van der Waals surface area contributed by atoms with Crippen molar-refractivity contribution in [3.05, 3.63) is 30.1 Å². The molecule has 0 unspecified atom stereocenters. The zero-order chi connectivity index (χ0) is 9.97. The Balaban J connectivity index is 2.50. The highest BCUT2D eigenvalue weighted by atomic mass is 16.5. The predicted octanol–water partition coefficient (Wildman–Crippen LogP) is 2.09. The molecule has 0 spiro atoms. The first-order chi connectivity index (χ1) is 6.81. The second-order valence-electron chi connectivity index (χ2n) is 2.94. The molecule has 14 heavy (non-hydrogen) atoms. The van der Waals surface area contributed by atoms with E-state index in [0.29, 0.717) is 11.7 Å². The van der Waals surface area contributed by atoms with Crippen molar-refractivity contribution in [1.82, 2.24) is 10.1 Å². The van der Waals surface area contributed by atoms with Crippen molar-refractivity contribution in [3.8, 4) is 11.5 Å². The lowest BCUT2D eigenvalue weighted by molar-refractivity contribution is 0.426. The average Bonchev–Trinajstić information content (AvgIpc) is 2.65. The van der Waals surface area contributed by atoms with Gasteiger partial charge in [-0.05, 0) is 19.1 Å². The molecule has 0 atom stereocenters. The van der Waals surface area contributed by atoms with Crippen LogP contribution in [0.15, 0.2) is 28.8 Å². The monoisotopic (exact) mass is 189 g/mol. The first-order valence-electron chi connectivity index (χ1n) is 4.38. The number of anilines is 1. The molecule has 0 saturated heterocycles. The Bertz CT molecular complexity index is 436. The maximum atomic E-state index is 5.09. The minimum absolute atomic E-state index is 0.549. The summed E-state index contributed by atoms with van der Waals surface area (Å²) in [6, 6.07) is 7.81. The van der Waals surface area contributed by atoms with Crippen molar-refractivity contribution < 1.29 is 4.52 Å². The van der Waals surface area contributed by atoms with E-state index in [1.807, 2.05) is 31.3 Å². The number of aryl methyl sites for hydroxylation is 1. The van der Waals surface area contributed by atoms with Gasteiger partial charge in [0.1, 0.15) is 0 Å². The topological polar surface area (TPSA) is 51.0 Å². The third-order valence-electron chi connectivity index (χ3n) is 1.95. The fraction of sp³-hybridized carbons (Fsp3) is 0.200. The SMILES string of the molecule is CNc1ccccc1-c1nc(C)no1. The smallest absolute Gasteiger partial charge is 0.260 e. The number of nitrogens with zero attached hydrogens (tertiary/aromatic N) is 2. The summed E-state index contributed by atoms with van der Waals surface area (Å²) < 4.78 is 5.09. The van der Waals surface area contributed by atoms with Crippen LogP contribution in [0.5, 0.6) is 0 Å². The van der Waals surface area contributed by atoms with Crippen LogP contribution in [-0.2, 0) is 0 Å². The summed E-state index contributed by atoms with van der Waals surface area (Å²) in [5.41, 5.74) is 1.91. The molecule has 0 amide bonds. The first kappa shape index (κ1) is 8.74. The minimum atomic E-state index is 0.549. The standard InChI is InChI=1S/C10H11N3O/c1-7-12-10(14-13-7)8-5-3-4-6-9(8)11-2/h3-6,11H,1-2H3. The van der Waals surface area contributed by atoms with Crippen molar-refractivity contribution in [2.24, 2.45) is 0 Å². The molecular formula is C10H11N3O. The van der Waals surface area contributed by atoms with E-state index >= 15 is 0 Å². The van der Waals surface area contributed by atoms with Crippen molar-refractivity contribution in [2.45, 2.75) is 6.92 Å². The Morgan fingerprint density at radius 1 is 1.29 bits per heavy atom. The molecule has 2 aromatic rings. The number of hydrogen-bond acceptors (Lipinski definition) is 4. The van der Waals surface area contributed by atoms with Gasteiger partial charge in [-0.25, -0.2) is 0 Å². The lowest BCUT2D eigenvalue weighted by Crippen LogP contribution is -1.91.